The van der Waals surface area contributed by atoms with E-state index in [1.54, 1.807) is 10.9 Å². The van der Waals surface area contributed by atoms with E-state index in [9.17, 15) is 4.79 Å². The van der Waals surface area contributed by atoms with E-state index in [1.165, 1.54) is 25.7 Å². The van der Waals surface area contributed by atoms with Gasteiger partial charge in [-0.1, -0.05) is 24.4 Å². The molecule has 3 rings (SSSR count). The Labute approximate surface area is 131 Å². The number of halogens is 1. The van der Waals surface area contributed by atoms with Gasteiger partial charge in [0.15, 0.2) is 5.78 Å². The first-order valence-electron chi connectivity index (χ1n) is 8.11. The molecule has 4 nitrogen and oxygen atoms in total. The zero-order chi connectivity index (χ0) is 15.0. The van der Waals surface area contributed by atoms with Crippen molar-refractivity contribution in [2.75, 3.05) is 0 Å². The molecule has 1 aliphatic heterocycles. The number of rotatable bonds is 3. The van der Waals surface area contributed by atoms with Crippen LogP contribution >= 0.6 is 11.6 Å². The van der Waals surface area contributed by atoms with Crippen molar-refractivity contribution in [3.63, 3.8) is 0 Å². The van der Waals surface area contributed by atoms with Gasteiger partial charge in [-0.15, -0.1) is 0 Å². The molecular weight excluding hydrogens is 286 g/mol. The van der Waals surface area contributed by atoms with Crippen molar-refractivity contribution in [1.29, 1.82) is 0 Å². The van der Waals surface area contributed by atoms with E-state index in [2.05, 4.69) is 10.4 Å². The van der Waals surface area contributed by atoms with Crippen LogP contribution in [0.15, 0.2) is 6.20 Å². The van der Waals surface area contributed by atoms with Crippen LogP contribution in [0, 0.1) is 5.92 Å². The fourth-order valence-electron chi connectivity index (χ4n) is 3.83. The number of carbonyl (C=O) groups is 1. The van der Waals surface area contributed by atoms with E-state index in [1.807, 2.05) is 13.8 Å². The molecule has 1 saturated heterocycles. The smallest absolute Gasteiger partial charge is 0.199 e. The number of aromatic nitrogens is 2. The molecule has 1 saturated carbocycles. The van der Waals surface area contributed by atoms with Gasteiger partial charge in [-0.05, 0) is 45.4 Å². The van der Waals surface area contributed by atoms with Crippen molar-refractivity contribution in [3.8, 4) is 0 Å². The van der Waals surface area contributed by atoms with Crippen molar-refractivity contribution in [2.24, 2.45) is 5.92 Å². The molecule has 0 radical (unpaired) electrons. The number of fused-ring (bicyclic) bond motifs is 1. The third kappa shape index (κ3) is 2.88. The number of nitrogens with zero attached hydrogens (tertiary/aromatic N) is 2. The predicted octanol–water partition coefficient (Wildman–Crippen LogP) is 3.61. The summed E-state index contributed by atoms with van der Waals surface area (Å²) in [5.41, 5.74) is 0.568. The summed E-state index contributed by atoms with van der Waals surface area (Å²) in [6.45, 7) is 4.04. The summed E-state index contributed by atoms with van der Waals surface area (Å²) in [6, 6.07) is 0.550. The maximum atomic E-state index is 12.9. The van der Waals surface area contributed by atoms with Crippen LogP contribution in [0.4, 0.5) is 0 Å². The van der Waals surface area contributed by atoms with Crippen molar-refractivity contribution in [2.45, 2.75) is 70.5 Å². The Morgan fingerprint density at radius 3 is 2.86 bits per heavy atom. The molecule has 5 heteroatoms. The average molecular weight is 310 g/mol. The van der Waals surface area contributed by atoms with E-state index < -0.39 is 0 Å². The van der Waals surface area contributed by atoms with Gasteiger partial charge >= 0.3 is 0 Å². The zero-order valence-corrected chi connectivity index (χ0v) is 13.6. The summed E-state index contributed by atoms with van der Waals surface area (Å²) < 4.78 is 1.75. The third-order valence-electron chi connectivity index (χ3n) is 4.94. The van der Waals surface area contributed by atoms with Crippen LogP contribution in [0.2, 0.25) is 5.02 Å². The lowest BCUT2D eigenvalue weighted by Gasteiger charge is -2.40. The number of nitrogens with one attached hydrogen (secondary N) is 1. The van der Waals surface area contributed by atoms with Crippen molar-refractivity contribution in [1.82, 2.24) is 15.1 Å². The molecule has 1 aliphatic carbocycles. The van der Waals surface area contributed by atoms with Gasteiger partial charge < -0.3 is 5.32 Å². The maximum absolute atomic E-state index is 12.9. The number of hydrogen-bond donors (Lipinski definition) is 1. The number of piperidine rings is 1. The normalized spacial score (nSPS) is 29.4. The minimum Gasteiger partial charge on any atom is -0.304 e. The largest absolute Gasteiger partial charge is 0.304 e. The van der Waals surface area contributed by atoms with Crippen LogP contribution in [0.1, 0.15) is 68.9 Å². The molecule has 1 N–H and O–H groups in total. The topological polar surface area (TPSA) is 46.9 Å². The molecule has 0 amide bonds. The first kappa shape index (κ1) is 15.0. The van der Waals surface area contributed by atoms with Crippen LogP contribution in [-0.4, -0.2) is 27.6 Å². The quantitative estimate of drug-likeness (QED) is 0.868. The fraction of sp³-hybridized carbons (Fsp3) is 0.750. The molecule has 0 spiro atoms. The predicted molar refractivity (Wildman–Crippen MR) is 83.9 cm³/mol. The molecule has 1 aromatic heterocycles. The van der Waals surface area contributed by atoms with E-state index in [4.69, 9.17) is 11.6 Å². The summed E-state index contributed by atoms with van der Waals surface area (Å²) in [6.07, 6.45) is 8.78. The Morgan fingerprint density at radius 2 is 2.10 bits per heavy atom. The molecule has 2 heterocycles. The average Bonchev–Trinajstić information content (AvgIpc) is 2.88. The summed E-state index contributed by atoms with van der Waals surface area (Å²) in [5.74, 6) is 0.864. The second-order valence-electron chi connectivity index (χ2n) is 6.69. The molecule has 3 unspecified atom stereocenters. The number of hydrogen-bond acceptors (Lipinski definition) is 3. The lowest BCUT2D eigenvalue weighted by molar-refractivity contribution is 0.0849. The lowest BCUT2D eigenvalue weighted by atomic mass is 9.77. The van der Waals surface area contributed by atoms with Gasteiger partial charge in [-0.2, -0.15) is 5.10 Å². The minimum absolute atomic E-state index is 0.101. The van der Waals surface area contributed by atoms with E-state index >= 15 is 0 Å². The second kappa shape index (κ2) is 6.09. The van der Waals surface area contributed by atoms with Gasteiger partial charge in [-0.3, -0.25) is 9.48 Å². The molecule has 3 atom stereocenters. The monoisotopic (exact) mass is 309 g/mol. The van der Waals surface area contributed by atoms with Gasteiger partial charge in [0.2, 0.25) is 0 Å². The molecule has 2 fully saturated rings. The number of Topliss-reactive ketones (excluding diaryl/α,β-unsaturated/α-hetero) is 1. The highest BCUT2D eigenvalue weighted by molar-refractivity contribution is 6.33. The zero-order valence-electron chi connectivity index (χ0n) is 12.8. The molecule has 116 valence electrons. The summed E-state index contributed by atoms with van der Waals surface area (Å²) in [4.78, 5) is 12.9. The highest BCUT2D eigenvalue weighted by Gasteiger charge is 2.36. The first-order valence-corrected chi connectivity index (χ1v) is 8.49. The van der Waals surface area contributed by atoms with Gasteiger partial charge in [0, 0.05) is 12.1 Å². The molecule has 0 aromatic carbocycles. The van der Waals surface area contributed by atoms with E-state index in [-0.39, 0.29) is 17.9 Å². The summed E-state index contributed by atoms with van der Waals surface area (Å²) in [5, 5.41) is 8.31. The van der Waals surface area contributed by atoms with Gasteiger partial charge in [0.1, 0.15) is 5.69 Å². The van der Waals surface area contributed by atoms with Gasteiger partial charge in [0.25, 0.3) is 0 Å². The third-order valence-corrected chi connectivity index (χ3v) is 5.22. The fourth-order valence-corrected chi connectivity index (χ4v) is 4.05. The Bertz CT molecular complexity index is 526. The molecular formula is C16H24ClN3O. The van der Waals surface area contributed by atoms with Crippen LogP contribution in [0.5, 0.6) is 0 Å². The van der Waals surface area contributed by atoms with Crippen molar-refractivity contribution >= 4 is 17.4 Å². The van der Waals surface area contributed by atoms with Gasteiger partial charge in [-0.25, -0.2) is 0 Å². The molecule has 2 aliphatic rings. The van der Waals surface area contributed by atoms with Crippen molar-refractivity contribution < 1.29 is 4.79 Å². The summed E-state index contributed by atoms with van der Waals surface area (Å²) in [7, 11) is 0. The standard InChI is InChI=1S/C16H24ClN3O/c1-10(2)20-15(12(17)9-18-20)16(21)14-8-7-11-5-3-4-6-13(11)19-14/h9-11,13-14,19H,3-8H2,1-2H3. The Kier molecular flexibility index (Phi) is 4.36. The highest BCUT2D eigenvalue weighted by Crippen LogP contribution is 2.33. The number of ketones is 1. The molecule has 0 bridgehead atoms. The van der Waals surface area contributed by atoms with Crippen LogP contribution < -0.4 is 5.32 Å². The summed E-state index contributed by atoms with van der Waals surface area (Å²) >= 11 is 6.21. The van der Waals surface area contributed by atoms with E-state index in [0.29, 0.717) is 16.8 Å². The lowest BCUT2D eigenvalue weighted by Crippen LogP contribution is -2.52. The molecule has 21 heavy (non-hydrogen) atoms. The Hall–Kier alpha value is -0.870. The van der Waals surface area contributed by atoms with Crippen LogP contribution in [-0.2, 0) is 0 Å². The van der Waals surface area contributed by atoms with Gasteiger partial charge in [0.05, 0.1) is 17.3 Å². The van der Waals surface area contributed by atoms with Crippen LogP contribution in [0.25, 0.3) is 0 Å². The maximum Gasteiger partial charge on any atom is 0.199 e. The Balaban J connectivity index is 1.78. The molecule has 1 aromatic rings. The van der Waals surface area contributed by atoms with E-state index in [0.717, 1.165) is 18.8 Å². The first-order chi connectivity index (χ1) is 10.1. The van der Waals surface area contributed by atoms with Crippen molar-refractivity contribution in [3.05, 3.63) is 16.9 Å². The number of carbonyl (C=O) groups excluding carboxylic acids is 1. The second-order valence-corrected chi connectivity index (χ2v) is 7.10. The van der Waals surface area contributed by atoms with Crippen LogP contribution in [0.3, 0.4) is 0 Å². The minimum atomic E-state index is -0.101. The SMILES string of the molecule is CC(C)n1ncc(Cl)c1C(=O)C1CCC2CCCCC2N1. The Morgan fingerprint density at radius 1 is 1.33 bits per heavy atom. The highest BCUT2D eigenvalue weighted by atomic mass is 35.5.